The highest BCUT2D eigenvalue weighted by molar-refractivity contribution is 9.10. The summed E-state index contributed by atoms with van der Waals surface area (Å²) in [6.45, 7) is 0.204. The molecule has 0 bridgehead atoms. The number of ether oxygens (including phenoxy) is 2. The van der Waals surface area contributed by atoms with Crippen molar-refractivity contribution in [3.63, 3.8) is 0 Å². The van der Waals surface area contributed by atoms with Crippen molar-refractivity contribution in [2.45, 2.75) is 31.2 Å². The molecule has 2 heterocycles. The molecule has 2 aliphatic rings. The largest absolute Gasteiger partial charge is 0.483 e. The lowest BCUT2D eigenvalue weighted by Gasteiger charge is -2.45. The lowest BCUT2D eigenvalue weighted by atomic mass is 10.1. The fraction of sp³-hybridized carbons (Fsp3) is 0.400. The molecule has 1 spiro atoms. The number of hydrogen-bond acceptors (Lipinski definition) is 5. The summed E-state index contributed by atoms with van der Waals surface area (Å²) in [7, 11) is 5.18. The van der Waals surface area contributed by atoms with Gasteiger partial charge in [0.05, 0.1) is 10.0 Å². The summed E-state index contributed by atoms with van der Waals surface area (Å²) in [4.78, 5) is 26.3. The van der Waals surface area contributed by atoms with E-state index in [4.69, 9.17) is 9.47 Å². The first-order valence-corrected chi connectivity index (χ1v) is 9.86. The maximum atomic E-state index is 13.4. The van der Waals surface area contributed by atoms with Crippen LogP contribution in [0.2, 0.25) is 0 Å². The van der Waals surface area contributed by atoms with Gasteiger partial charge in [0, 0.05) is 27.4 Å². The smallest absolute Gasteiger partial charge is 0.291 e. The van der Waals surface area contributed by atoms with E-state index in [1.54, 1.807) is 37.4 Å². The van der Waals surface area contributed by atoms with Gasteiger partial charge in [0.25, 0.3) is 5.91 Å². The normalized spacial score (nSPS) is 19.8. The number of halogens is 1. The van der Waals surface area contributed by atoms with Crippen LogP contribution in [0.1, 0.15) is 28.9 Å². The summed E-state index contributed by atoms with van der Waals surface area (Å²) in [6.07, 6.45) is 2.95. The molecular formula is C20H22BrN3O4. The minimum atomic E-state index is -0.445. The summed E-state index contributed by atoms with van der Waals surface area (Å²) >= 11 is 3.35. The van der Waals surface area contributed by atoms with Crippen LogP contribution >= 0.6 is 15.9 Å². The number of methoxy groups -OCH3 is 1. The Morgan fingerprint density at radius 2 is 1.89 bits per heavy atom. The lowest BCUT2D eigenvalue weighted by molar-refractivity contribution is -0.142. The summed E-state index contributed by atoms with van der Waals surface area (Å²) in [6, 6.07) is 9.56. The third-order valence-corrected chi connectivity index (χ3v) is 5.90. The number of carbonyl (C=O) groups is 1. The summed E-state index contributed by atoms with van der Waals surface area (Å²) in [5, 5.41) is 3.26. The van der Waals surface area contributed by atoms with Crippen molar-refractivity contribution in [2.75, 3.05) is 21.2 Å². The number of amides is 1. The van der Waals surface area contributed by atoms with E-state index in [2.05, 4.69) is 15.9 Å². The molecular weight excluding hydrogens is 426 g/mol. The molecule has 148 valence electrons. The summed E-state index contributed by atoms with van der Waals surface area (Å²) in [5.74, 6) is -0.252. The number of rotatable bonds is 5. The number of nitrogens with zero attached hydrogens (tertiary/aromatic N) is 3. The van der Waals surface area contributed by atoms with Crippen molar-refractivity contribution < 1.29 is 14.3 Å². The third-order valence-electron chi connectivity index (χ3n) is 5.34. The molecule has 0 saturated heterocycles. The zero-order valence-electron chi connectivity index (χ0n) is 16.0. The molecule has 7 nitrogen and oxygen atoms in total. The number of carbonyl (C=O) groups excluding carboxylic acids is 1. The maximum absolute atomic E-state index is 13.4. The van der Waals surface area contributed by atoms with Gasteiger partial charge in [-0.2, -0.15) is 0 Å². The highest BCUT2D eigenvalue weighted by Gasteiger charge is 2.60. The molecule has 1 unspecified atom stereocenters. The van der Waals surface area contributed by atoms with Gasteiger partial charge < -0.3 is 14.0 Å². The second kappa shape index (κ2) is 7.02. The van der Waals surface area contributed by atoms with Crippen LogP contribution in [-0.4, -0.2) is 47.9 Å². The lowest BCUT2D eigenvalue weighted by Crippen LogP contribution is -2.60. The standard InChI is InChI=1S/C20H22BrN3O4/c1-22(2)24-18(26)15-17(28-12-13-7-5-4-6-8-13)16(25)14(21)11-23(15)20(9-10-20)19(24)27-3/h4-8,11,19H,9-10,12H2,1-3H3. The molecule has 0 N–H and O–H groups in total. The predicted octanol–water partition coefficient (Wildman–Crippen LogP) is 2.58. The number of hydrogen-bond donors (Lipinski definition) is 0. The van der Waals surface area contributed by atoms with E-state index in [-0.39, 0.29) is 29.4 Å². The van der Waals surface area contributed by atoms with E-state index in [0.29, 0.717) is 4.47 Å². The molecule has 2 aromatic rings. The molecule has 0 radical (unpaired) electrons. The Bertz CT molecular complexity index is 969. The van der Waals surface area contributed by atoms with Crippen LogP contribution in [0, 0.1) is 0 Å². The monoisotopic (exact) mass is 447 g/mol. The fourth-order valence-electron chi connectivity index (χ4n) is 3.87. The van der Waals surface area contributed by atoms with E-state index >= 15 is 0 Å². The molecule has 1 aromatic carbocycles. The number of fused-ring (bicyclic) bond motifs is 2. The van der Waals surface area contributed by atoms with Crippen LogP contribution < -0.4 is 10.2 Å². The highest BCUT2D eigenvalue weighted by Crippen LogP contribution is 2.53. The van der Waals surface area contributed by atoms with Gasteiger partial charge >= 0.3 is 0 Å². The molecule has 1 aliphatic carbocycles. The third kappa shape index (κ3) is 2.87. The molecule has 8 heteroatoms. The Labute approximate surface area is 171 Å². The minimum absolute atomic E-state index is 0.0657. The number of hydrazine groups is 1. The van der Waals surface area contributed by atoms with Crippen LogP contribution in [0.15, 0.2) is 45.8 Å². The van der Waals surface area contributed by atoms with Gasteiger partial charge in [-0.25, -0.2) is 10.0 Å². The minimum Gasteiger partial charge on any atom is -0.483 e. The van der Waals surface area contributed by atoms with E-state index in [1.165, 1.54) is 0 Å². The topological polar surface area (TPSA) is 64.0 Å². The first-order chi connectivity index (χ1) is 13.4. The van der Waals surface area contributed by atoms with Gasteiger partial charge in [0.15, 0.2) is 17.7 Å². The second-order valence-corrected chi connectivity index (χ2v) is 8.17. The molecule has 1 aromatic heterocycles. The van der Waals surface area contributed by atoms with Crippen molar-refractivity contribution >= 4 is 21.8 Å². The van der Waals surface area contributed by atoms with Crippen molar-refractivity contribution in [1.82, 2.24) is 14.6 Å². The highest BCUT2D eigenvalue weighted by atomic mass is 79.9. The summed E-state index contributed by atoms with van der Waals surface area (Å²) < 4.78 is 13.9. The van der Waals surface area contributed by atoms with Crippen LogP contribution in [0.3, 0.4) is 0 Å². The Balaban J connectivity index is 1.85. The Morgan fingerprint density at radius 1 is 1.21 bits per heavy atom. The number of benzene rings is 1. The van der Waals surface area contributed by atoms with Gasteiger partial charge in [0.2, 0.25) is 5.43 Å². The van der Waals surface area contributed by atoms with E-state index in [1.807, 2.05) is 34.9 Å². The zero-order valence-corrected chi connectivity index (χ0v) is 17.6. The van der Waals surface area contributed by atoms with Crippen LogP contribution in [0.25, 0.3) is 0 Å². The Hall–Kier alpha value is -2.16. The molecule has 1 aliphatic heterocycles. The summed E-state index contributed by atoms with van der Waals surface area (Å²) in [5.41, 5.74) is 0.456. The van der Waals surface area contributed by atoms with Crippen molar-refractivity contribution in [1.29, 1.82) is 0 Å². The Morgan fingerprint density at radius 3 is 2.46 bits per heavy atom. The first kappa shape index (κ1) is 19.2. The van der Waals surface area contributed by atoms with Crippen LogP contribution in [0.4, 0.5) is 0 Å². The van der Waals surface area contributed by atoms with E-state index in [0.717, 1.165) is 18.4 Å². The molecule has 1 amide bonds. The van der Waals surface area contributed by atoms with E-state index < -0.39 is 11.8 Å². The Kier molecular flexibility index (Phi) is 4.81. The van der Waals surface area contributed by atoms with Gasteiger partial charge in [-0.05, 0) is 34.3 Å². The fourth-order valence-corrected chi connectivity index (χ4v) is 4.25. The molecule has 1 saturated carbocycles. The van der Waals surface area contributed by atoms with Gasteiger partial charge in [-0.1, -0.05) is 30.3 Å². The van der Waals surface area contributed by atoms with Crippen molar-refractivity contribution in [3.8, 4) is 5.75 Å². The van der Waals surface area contributed by atoms with Crippen LogP contribution in [0.5, 0.6) is 5.75 Å². The average Bonchev–Trinajstić information content (AvgIpc) is 3.47. The van der Waals surface area contributed by atoms with E-state index in [9.17, 15) is 9.59 Å². The molecule has 1 atom stereocenters. The second-order valence-electron chi connectivity index (χ2n) is 7.32. The van der Waals surface area contributed by atoms with Gasteiger partial charge in [-0.15, -0.1) is 0 Å². The SMILES string of the molecule is COC1N(N(C)C)C(=O)c2c(OCc3ccccc3)c(=O)c(Br)cn2C12CC2. The number of pyridine rings is 1. The first-order valence-electron chi connectivity index (χ1n) is 9.06. The van der Waals surface area contributed by atoms with Gasteiger partial charge in [0.1, 0.15) is 6.61 Å². The molecule has 28 heavy (non-hydrogen) atoms. The zero-order chi connectivity index (χ0) is 20.1. The molecule has 1 fully saturated rings. The molecule has 4 rings (SSSR count). The maximum Gasteiger partial charge on any atom is 0.291 e. The number of aromatic nitrogens is 1. The predicted molar refractivity (Wildman–Crippen MR) is 107 cm³/mol. The quantitative estimate of drug-likeness (QED) is 0.704. The van der Waals surface area contributed by atoms with Crippen molar-refractivity contribution in [2.24, 2.45) is 0 Å². The van der Waals surface area contributed by atoms with Gasteiger partial charge in [-0.3, -0.25) is 9.59 Å². The average molecular weight is 448 g/mol. The van der Waals surface area contributed by atoms with Crippen LogP contribution in [-0.2, 0) is 16.9 Å². The van der Waals surface area contributed by atoms with Crippen molar-refractivity contribution in [3.05, 3.63) is 62.5 Å².